The van der Waals surface area contributed by atoms with Crippen LogP contribution in [0.4, 0.5) is 20.2 Å². The van der Waals surface area contributed by atoms with Gasteiger partial charge in [-0.1, -0.05) is 44.7 Å². The lowest BCUT2D eigenvalue weighted by Crippen LogP contribution is -2.66. The normalized spacial score (nSPS) is 17.8. The minimum Gasteiger partial charge on any atom is -0.507 e. The van der Waals surface area contributed by atoms with Crippen molar-refractivity contribution in [1.82, 2.24) is 14.5 Å². The zero-order valence-corrected chi connectivity index (χ0v) is 25.8. The fraction of sp³-hybridized carbons (Fsp3) is 0.294. The van der Waals surface area contributed by atoms with E-state index in [2.05, 4.69) is 11.6 Å². The highest BCUT2D eigenvalue weighted by molar-refractivity contribution is 6.12. The molecule has 4 aromatic rings. The van der Waals surface area contributed by atoms with Crippen LogP contribution in [0.3, 0.4) is 0 Å². The number of pyridine rings is 2. The lowest BCUT2D eigenvalue weighted by atomic mass is 9.96. The van der Waals surface area contributed by atoms with Crippen LogP contribution in [0.15, 0.2) is 59.9 Å². The SMILES string of the molecule is C=CC(=O)N1C[C@@H]2C(=O)N(C)c3c(c4cc(F)c(-c5c(O)cccc5F)nc4n(-c4c(CO)cccc4C(C)C)c3=O)N2C[C@H]1C. The summed E-state index contributed by atoms with van der Waals surface area (Å²) in [6.45, 7) is 8.88. The van der Waals surface area contributed by atoms with Crippen molar-refractivity contribution in [2.45, 2.75) is 45.4 Å². The standard InChI is InChI=1S/C34H33F2N5O5/c1-6-26(44)39-15-24-33(45)38(5)31-30(40(24)14-18(39)4)21-13-23(36)28(27-22(35)11-8-12-25(27)43)37-32(21)41(34(31)46)29-19(16-42)9-7-10-20(29)17(2)3/h6-13,17-18,24,42-43H,1,14-16H2,2-5H3/t18-,24-/m1/s1. The summed E-state index contributed by atoms with van der Waals surface area (Å²) in [6.07, 6.45) is 1.18. The number of aromatic hydroxyl groups is 1. The molecule has 1 fully saturated rings. The number of carbonyl (C=O) groups is 2. The molecule has 0 spiro atoms. The van der Waals surface area contributed by atoms with Gasteiger partial charge < -0.3 is 24.9 Å². The number of hydrogen-bond donors (Lipinski definition) is 2. The number of rotatable bonds is 5. The number of amides is 2. The summed E-state index contributed by atoms with van der Waals surface area (Å²) in [4.78, 5) is 50.3. The number of phenols is 1. The van der Waals surface area contributed by atoms with Gasteiger partial charge in [0.05, 0.1) is 30.1 Å². The second-order valence-corrected chi connectivity index (χ2v) is 11.9. The molecule has 6 rings (SSSR count). The maximum absolute atomic E-state index is 16.2. The molecule has 2 aromatic heterocycles. The summed E-state index contributed by atoms with van der Waals surface area (Å²) >= 11 is 0. The van der Waals surface area contributed by atoms with E-state index in [1.807, 2.05) is 13.8 Å². The van der Waals surface area contributed by atoms with E-state index in [1.165, 1.54) is 39.6 Å². The highest BCUT2D eigenvalue weighted by Crippen LogP contribution is 2.44. The Hall–Kier alpha value is -5.10. The third kappa shape index (κ3) is 4.54. The second-order valence-electron chi connectivity index (χ2n) is 11.9. The van der Waals surface area contributed by atoms with Gasteiger partial charge in [-0.15, -0.1) is 0 Å². The molecule has 0 bridgehead atoms. The van der Waals surface area contributed by atoms with Crippen molar-refractivity contribution in [2.24, 2.45) is 0 Å². The maximum Gasteiger partial charge on any atom is 0.282 e. The fourth-order valence-corrected chi connectivity index (χ4v) is 6.65. The Bertz CT molecular complexity index is 1990. The van der Waals surface area contributed by atoms with Gasteiger partial charge in [0.25, 0.3) is 11.5 Å². The van der Waals surface area contributed by atoms with Crippen molar-refractivity contribution in [3.05, 3.63) is 88.2 Å². The molecule has 0 aliphatic carbocycles. The molecular weight excluding hydrogens is 596 g/mol. The molecule has 2 aromatic carbocycles. The number of fused-ring (bicyclic) bond motifs is 5. The van der Waals surface area contributed by atoms with Crippen LogP contribution in [0.25, 0.3) is 28.0 Å². The highest BCUT2D eigenvalue weighted by atomic mass is 19.1. The van der Waals surface area contributed by atoms with Gasteiger partial charge in [-0.3, -0.25) is 19.0 Å². The number of aromatic nitrogens is 2. The minimum atomic E-state index is -0.968. The van der Waals surface area contributed by atoms with Crippen molar-refractivity contribution in [3.8, 4) is 22.7 Å². The number of benzene rings is 2. The zero-order chi connectivity index (χ0) is 33.2. The van der Waals surface area contributed by atoms with Gasteiger partial charge in [-0.25, -0.2) is 13.8 Å². The Balaban J connectivity index is 1.77. The number of likely N-dealkylation sites (N-methyl/N-ethyl adjacent to an activating group) is 1. The Morgan fingerprint density at radius 1 is 1.09 bits per heavy atom. The molecule has 12 heteroatoms. The third-order valence-electron chi connectivity index (χ3n) is 8.88. The van der Waals surface area contributed by atoms with Gasteiger partial charge in [0.2, 0.25) is 5.91 Å². The number of para-hydroxylation sites is 1. The molecule has 1 saturated heterocycles. The van der Waals surface area contributed by atoms with Crippen LogP contribution in [0.5, 0.6) is 5.75 Å². The molecule has 2 atom stereocenters. The van der Waals surface area contributed by atoms with Crippen LogP contribution in [-0.4, -0.2) is 68.7 Å². The predicted molar refractivity (Wildman–Crippen MR) is 170 cm³/mol. The first-order valence-corrected chi connectivity index (χ1v) is 14.9. The van der Waals surface area contributed by atoms with Crippen LogP contribution < -0.4 is 15.4 Å². The van der Waals surface area contributed by atoms with E-state index in [4.69, 9.17) is 0 Å². The number of piperazine rings is 1. The largest absolute Gasteiger partial charge is 0.507 e. The molecular formula is C34H33F2N5O5. The summed E-state index contributed by atoms with van der Waals surface area (Å²) in [6, 6.07) is 8.56. The number of hydrogen-bond acceptors (Lipinski definition) is 7. The van der Waals surface area contributed by atoms with E-state index in [1.54, 1.807) is 30.0 Å². The molecule has 10 nitrogen and oxygen atoms in total. The molecule has 2 aliphatic heterocycles. The van der Waals surface area contributed by atoms with E-state index in [0.717, 1.165) is 12.1 Å². The van der Waals surface area contributed by atoms with Crippen LogP contribution in [0.2, 0.25) is 0 Å². The Kier molecular flexibility index (Phi) is 7.63. The van der Waals surface area contributed by atoms with Crippen molar-refractivity contribution in [3.63, 3.8) is 0 Å². The number of anilines is 2. The molecule has 2 aliphatic rings. The smallest absolute Gasteiger partial charge is 0.282 e. The lowest BCUT2D eigenvalue weighted by Gasteiger charge is -2.49. The number of nitrogens with zero attached hydrogens (tertiary/aromatic N) is 5. The highest BCUT2D eigenvalue weighted by Gasteiger charge is 2.46. The van der Waals surface area contributed by atoms with Gasteiger partial charge in [-0.2, -0.15) is 0 Å². The van der Waals surface area contributed by atoms with Gasteiger partial charge in [0.15, 0.2) is 11.5 Å². The monoisotopic (exact) mass is 629 g/mol. The van der Waals surface area contributed by atoms with Crippen molar-refractivity contribution in [1.29, 1.82) is 0 Å². The van der Waals surface area contributed by atoms with Crippen molar-refractivity contribution >= 4 is 34.2 Å². The van der Waals surface area contributed by atoms with E-state index in [-0.39, 0.29) is 47.3 Å². The molecule has 0 unspecified atom stereocenters. The molecule has 2 amide bonds. The van der Waals surface area contributed by atoms with E-state index < -0.39 is 58.8 Å². The maximum atomic E-state index is 16.2. The number of phenolic OH excluding ortho intramolecular Hbond substituents is 1. The molecule has 4 heterocycles. The zero-order valence-electron chi connectivity index (χ0n) is 25.8. The summed E-state index contributed by atoms with van der Waals surface area (Å²) in [5.74, 6) is -3.36. The Labute approximate surface area is 263 Å². The second kappa shape index (κ2) is 11.4. The quantitative estimate of drug-likeness (QED) is 0.318. The summed E-state index contributed by atoms with van der Waals surface area (Å²) < 4.78 is 32.5. The molecule has 2 N–H and O–H groups in total. The average molecular weight is 630 g/mol. The molecule has 238 valence electrons. The average Bonchev–Trinajstić information content (AvgIpc) is 3.02. The van der Waals surface area contributed by atoms with Gasteiger partial charge in [0, 0.05) is 30.6 Å². The minimum absolute atomic E-state index is 0.00114. The summed E-state index contributed by atoms with van der Waals surface area (Å²) in [7, 11) is 1.45. The van der Waals surface area contributed by atoms with Gasteiger partial charge in [0.1, 0.15) is 29.0 Å². The lowest BCUT2D eigenvalue weighted by molar-refractivity contribution is -0.130. The third-order valence-corrected chi connectivity index (χ3v) is 8.88. The van der Waals surface area contributed by atoms with Crippen molar-refractivity contribution < 1.29 is 28.6 Å². The van der Waals surface area contributed by atoms with Crippen LogP contribution in [0.1, 0.15) is 37.8 Å². The number of aliphatic hydroxyl groups is 1. The Morgan fingerprint density at radius 2 is 1.80 bits per heavy atom. The van der Waals surface area contributed by atoms with Crippen LogP contribution in [0, 0.1) is 11.6 Å². The van der Waals surface area contributed by atoms with E-state index in [0.29, 0.717) is 16.8 Å². The predicted octanol–water partition coefficient (Wildman–Crippen LogP) is 4.22. The first-order valence-electron chi connectivity index (χ1n) is 14.9. The van der Waals surface area contributed by atoms with E-state index in [9.17, 15) is 24.6 Å². The molecule has 46 heavy (non-hydrogen) atoms. The molecule has 0 saturated carbocycles. The van der Waals surface area contributed by atoms with Gasteiger partial charge in [-0.05, 0) is 42.7 Å². The number of carbonyl (C=O) groups excluding carboxylic acids is 2. The van der Waals surface area contributed by atoms with Crippen LogP contribution >= 0.6 is 0 Å². The topological polar surface area (TPSA) is 119 Å². The van der Waals surface area contributed by atoms with Crippen LogP contribution in [-0.2, 0) is 16.2 Å². The van der Waals surface area contributed by atoms with Crippen molar-refractivity contribution in [2.75, 3.05) is 29.9 Å². The number of aliphatic hydroxyl groups excluding tert-OH is 1. The number of halogens is 2. The first kappa shape index (κ1) is 30.9. The first-order chi connectivity index (χ1) is 21.9. The van der Waals surface area contributed by atoms with E-state index >= 15 is 8.78 Å². The van der Waals surface area contributed by atoms with Gasteiger partial charge >= 0.3 is 0 Å². The fourth-order valence-electron chi connectivity index (χ4n) is 6.65. The molecule has 0 radical (unpaired) electrons. The Morgan fingerprint density at radius 3 is 2.46 bits per heavy atom. The summed E-state index contributed by atoms with van der Waals surface area (Å²) in [5, 5.41) is 21.1. The summed E-state index contributed by atoms with van der Waals surface area (Å²) in [5.41, 5.74) is -0.169.